The Morgan fingerprint density at radius 3 is 2.72 bits per heavy atom. The van der Waals surface area contributed by atoms with Crippen LogP contribution in [0.4, 0.5) is 4.79 Å². The number of thioether (sulfide) groups is 1. The fourth-order valence-electron chi connectivity index (χ4n) is 2.77. The first-order valence-electron chi connectivity index (χ1n) is 8.93. The zero-order valence-electron chi connectivity index (χ0n) is 15.9. The first-order valence-corrected chi connectivity index (χ1v) is 11.2. The van der Waals surface area contributed by atoms with Gasteiger partial charge >= 0.3 is 0 Å². The summed E-state index contributed by atoms with van der Waals surface area (Å²) in [6.07, 6.45) is 2.60. The van der Waals surface area contributed by atoms with Gasteiger partial charge in [0.1, 0.15) is 0 Å². The Labute approximate surface area is 192 Å². The lowest BCUT2D eigenvalue weighted by atomic mass is 10.1. The van der Waals surface area contributed by atoms with Crippen LogP contribution in [0.3, 0.4) is 0 Å². The molecule has 1 aliphatic heterocycles. The van der Waals surface area contributed by atoms with E-state index in [9.17, 15) is 9.59 Å². The van der Waals surface area contributed by atoms with Gasteiger partial charge in [0, 0.05) is 5.02 Å². The van der Waals surface area contributed by atoms with E-state index in [1.165, 1.54) is 4.90 Å². The summed E-state index contributed by atoms with van der Waals surface area (Å²) in [6, 6.07) is 10.8. The Hall–Kier alpha value is -1.71. The first-order chi connectivity index (χ1) is 13.9. The Kier molecular flexibility index (Phi) is 7.48. The normalized spacial score (nSPS) is 15.3. The number of ether oxygens (including phenoxy) is 2. The SMILES string of the molecule is CCCOc1c(I)cc(/C=C2\SC(=O)N(Cc3cccc(Cl)c3)C2=O)cc1OC. The number of carbonyl (C=O) groups is 2. The van der Waals surface area contributed by atoms with Crippen LogP contribution in [0.5, 0.6) is 11.5 Å². The second-order valence-corrected chi connectivity index (χ2v) is 8.87. The molecule has 5 nitrogen and oxygen atoms in total. The average Bonchev–Trinajstić information content (AvgIpc) is 2.94. The number of rotatable bonds is 7. The van der Waals surface area contributed by atoms with Crippen molar-refractivity contribution in [2.24, 2.45) is 0 Å². The standard InChI is InChI=1S/C21H19ClINO4S/c1-3-7-28-19-16(23)9-14(10-17(19)27-2)11-18-20(25)24(21(26)29-18)12-13-5-4-6-15(22)8-13/h4-6,8-11H,3,7,12H2,1-2H3/b18-11-. The van der Waals surface area contributed by atoms with Crippen molar-refractivity contribution in [3.05, 3.63) is 61.0 Å². The third-order valence-electron chi connectivity index (χ3n) is 4.10. The van der Waals surface area contributed by atoms with Crippen molar-refractivity contribution in [2.45, 2.75) is 19.9 Å². The molecule has 0 spiro atoms. The Morgan fingerprint density at radius 2 is 2.03 bits per heavy atom. The molecule has 1 saturated heterocycles. The van der Waals surface area contributed by atoms with Crippen molar-refractivity contribution in [3.8, 4) is 11.5 Å². The van der Waals surface area contributed by atoms with Crippen LogP contribution in [0.15, 0.2) is 41.3 Å². The smallest absolute Gasteiger partial charge is 0.293 e. The number of benzene rings is 2. The highest BCUT2D eigenvalue weighted by Crippen LogP contribution is 2.37. The second kappa shape index (κ2) is 9.86. The van der Waals surface area contributed by atoms with Gasteiger partial charge in [0.25, 0.3) is 11.1 Å². The molecular formula is C21H19ClINO4S. The topological polar surface area (TPSA) is 55.8 Å². The quantitative estimate of drug-likeness (QED) is 0.318. The number of amides is 2. The molecule has 8 heteroatoms. The summed E-state index contributed by atoms with van der Waals surface area (Å²) in [5.41, 5.74) is 1.57. The molecule has 2 amide bonds. The molecule has 0 unspecified atom stereocenters. The van der Waals surface area contributed by atoms with Gasteiger partial charge in [-0.3, -0.25) is 14.5 Å². The zero-order chi connectivity index (χ0) is 21.0. The lowest BCUT2D eigenvalue weighted by Gasteiger charge is -2.13. The maximum Gasteiger partial charge on any atom is 0.293 e. The van der Waals surface area contributed by atoms with Gasteiger partial charge in [-0.2, -0.15) is 0 Å². The molecule has 1 heterocycles. The molecular weight excluding hydrogens is 525 g/mol. The molecule has 0 atom stereocenters. The summed E-state index contributed by atoms with van der Waals surface area (Å²) in [5.74, 6) is 0.955. The van der Waals surface area contributed by atoms with E-state index < -0.39 is 0 Å². The van der Waals surface area contributed by atoms with Crippen molar-refractivity contribution < 1.29 is 19.1 Å². The number of halogens is 2. The van der Waals surface area contributed by atoms with E-state index in [1.54, 1.807) is 37.5 Å². The maximum absolute atomic E-state index is 12.8. The molecule has 0 aromatic heterocycles. The van der Waals surface area contributed by atoms with E-state index in [1.807, 2.05) is 19.1 Å². The Balaban J connectivity index is 1.84. The summed E-state index contributed by atoms with van der Waals surface area (Å²) in [7, 11) is 1.58. The van der Waals surface area contributed by atoms with Gasteiger partial charge < -0.3 is 9.47 Å². The van der Waals surface area contributed by atoms with Crippen molar-refractivity contribution in [1.82, 2.24) is 4.90 Å². The van der Waals surface area contributed by atoms with Crippen molar-refractivity contribution in [2.75, 3.05) is 13.7 Å². The first kappa shape index (κ1) is 22.0. The van der Waals surface area contributed by atoms with Crippen molar-refractivity contribution >= 4 is 63.2 Å². The molecule has 0 N–H and O–H groups in total. The van der Waals surface area contributed by atoms with Crippen LogP contribution in [-0.4, -0.2) is 29.8 Å². The lowest BCUT2D eigenvalue weighted by Crippen LogP contribution is -2.27. The van der Waals surface area contributed by atoms with Gasteiger partial charge in [-0.05, 0) is 82.2 Å². The van der Waals surface area contributed by atoms with E-state index in [-0.39, 0.29) is 17.7 Å². The van der Waals surface area contributed by atoms with Crippen LogP contribution in [-0.2, 0) is 11.3 Å². The minimum Gasteiger partial charge on any atom is -0.493 e. The summed E-state index contributed by atoms with van der Waals surface area (Å²) in [5, 5.41) is 0.267. The largest absolute Gasteiger partial charge is 0.493 e. The van der Waals surface area contributed by atoms with E-state index >= 15 is 0 Å². The third kappa shape index (κ3) is 5.26. The van der Waals surface area contributed by atoms with Gasteiger partial charge in [0.05, 0.1) is 28.7 Å². The van der Waals surface area contributed by atoms with Crippen LogP contribution in [0, 0.1) is 3.57 Å². The number of methoxy groups -OCH3 is 1. The van der Waals surface area contributed by atoms with Gasteiger partial charge in [-0.15, -0.1) is 0 Å². The summed E-state index contributed by atoms with van der Waals surface area (Å²) < 4.78 is 12.1. The van der Waals surface area contributed by atoms with Crippen molar-refractivity contribution in [1.29, 1.82) is 0 Å². The van der Waals surface area contributed by atoms with Gasteiger partial charge in [-0.1, -0.05) is 30.7 Å². The average molecular weight is 544 g/mol. The highest BCUT2D eigenvalue weighted by atomic mass is 127. The number of carbonyl (C=O) groups excluding carboxylic acids is 2. The molecule has 29 heavy (non-hydrogen) atoms. The predicted molar refractivity (Wildman–Crippen MR) is 124 cm³/mol. The molecule has 1 aliphatic rings. The summed E-state index contributed by atoms with van der Waals surface area (Å²) in [6.45, 7) is 2.81. The van der Waals surface area contributed by atoms with Gasteiger partial charge in [0.15, 0.2) is 11.5 Å². The molecule has 0 aliphatic carbocycles. The van der Waals surface area contributed by atoms with Crippen LogP contribution >= 0.6 is 46.0 Å². The van der Waals surface area contributed by atoms with E-state index in [0.29, 0.717) is 28.0 Å². The minimum absolute atomic E-state index is 0.188. The van der Waals surface area contributed by atoms with E-state index in [2.05, 4.69) is 22.6 Å². The molecule has 0 saturated carbocycles. The molecule has 3 rings (SSSR count). The number of hydrogen-bond donors (Lipinski definition) is 0. The third-order valence-corrected chi connectivity index (χ3v) is 6.05. The molecule has 152 valence electrons. The molecule has 0 radical (unpaired) electrons. The highest BCUT2D eigenvalue weighted by molar-refractivity contribution is 14.1. The number of nitrogens with zero attached hydrogens (tertiary/aromatic N) is 1. The number of imide groups is 1. The molecule has 2 aromatic rings. The fraction of sp³-hybridized carbons (Fsp3) is 0.238. The van der Waals surface area contributed by atoms with Crippen LogP contribution in [0.1, 0.15) is 24.5 Å². The predicted octanol–water partition coefficient (Wildman–Crippen LogP) is 5.98. The van der Waals surface area contributed by atoms with Crippen LogP contribution in [0.25, 0.3) is 6.08 Å². The van der Waals surface area contributed by atoms with Crippen molar-refractivity contribution in [3.63, 3.8) is 0 Å². The minimum atomic E-state index is -0.319. The maximum atomic E-state index is 12.8. The van der Waals surface area contributed by atoms with Crippen LogP contribution < -0.4 is 9.47 Å². The lowest BCUT2D eigenvalue weighted by molar-refractivity contribution is -0.123. The number of hydrogen-bond acceptors (Lipinski definition) is 5. The Morgan fingerprint density at radius 1 is 1.24 bits per heavy atom. The fourth-order valence-corrected chi connectivity index (χ4v) is 4.61. The molecule has 0 bridgehead atoms. The second-order valence-electron chi connectivity index (χ2n) is 6.28. The van der Waals surface area contributed by atoms with E-state index in [0.717, 1.165) is 32.9 Å². The monoisotopic (exact) mass is 543 g/mol. The molecule has 2 aromatic carbocycles. The summed E-state index contributed by atoms with van der Waals surface area (Å²) in [4.78, 5) is 26.8. The van der Waals surface area contributed by atoms with E-state index in [4.69, 9.17) is 21.1 Å². The van der Waals surface area contributed by atoms with Gasteiger partial charge in [0.2, 0.25) is 0 Å². The summed E-state index contributed by atoms with van der Waals surface area (Å²) >= 11 is 9.10. The Bertz CT molecular complexity index is 979. The van der Waals surface area contributed by atoms with Crippen LogP contribution in [0.2, 0.25) is 5.02 Å². The zero-order valence-corrected chi connectivity index (χ0v) is 19.6. The van der Waals surface area contributed by atoms with Gasteiger partial charge in [-0.25, -0.2) is 0 Å². The molecule has 1 fully saturated rings. The highest BCUT2D eigenvalue weighted by Gasteiger charge is 2.35.